The van der Waals surface area contributed by atoms with Crippen molar-refractivity contribution in [2.45, 2.75) is 141 Å². The smallest absolute Gasteiger partial charge is 0.413 e. The molecule has 0 radical (unpaired) electrons. The summed E-state index contributed by atoms with van der Waals surface area (Å²) in [6.07, 6.45) is -2.36. The van der Waals surface area contributed by atoms with E-state index in [2.05, 4.69) is 131 Å². The van der Waals surface area contributed by atoms with Crippen LogP contribution in [0, 0.1) is 0 Å². The fourth-order valence-electron chi connectivity index (χ4n) is 10.9. The Labute approximate surface area is 428 Å². The van der Waals surface area contributed by atoms with Crippen molar-refractivity contribution in [3.8, 4) is 0 Å². The summed E-state index contributed by atoms with van der Waals surface area (Å²) in [6.45, 7) is 18.3. The molecular formula is C62H74N4O6. The quantitative estimate of drug-likeness (QED) is 0.0794. The minimum atomic E-state index is -1.08. The highest BCUT2D eigenvalue weighted by Gasteiger charge is 2.55. The maximum Gasteiger partial charge on any atom is 0.413 e. The molecule has 6 aromatic carbocycles. The van der Waals surface area contributed by atoms with Crippen molar-refractivity contribution >= 4 is 12.2 Å². The Morgan fingerprint density at radius 2 is 0.653 bits per heavy atom. The minimum Gasteiger partial charge on any atom is -0.440 e. The molecule has 0 aliphatic carbocycles. The van der Waals surface area contributed by atoms with Crippen molar-refractivity contribution in [2.75, 3.05) is 13.2 Å². The zero-order valence-electron chi connectivity index (χ0n) is 43.5. The Hall–Kier alpha value is -6.30. The molecule has 10 nitrogen and oxygen atoms in total. The molecule has 2 aliphatic rings. The third-order valence-electron chi connectivity index (χ3n) is 14.2. The first-order valence-corrected chi connectivity index (χ1v) is 25.5. The van der Waals surface area contributed by atoms with Crippen molar-refractivity contribution in [1.82, 2.24) is 19.6 Å². The Morgan fingerprint density at radius 1 is 0.417 bits per heavy atom. The van der Waals surface area contributed by atoms with Gasteiger partial charge < -0.3 is 18.9 Å². The third-order valence-corrected chi connectivity index (χ3v) is 14.2. The van der Waals surface area contributed by atoms with E-state index in [1.165, 1.54) is 0 Å². The van der Waals surface area contributed by atoms with Gasteiger partial charge in [-0.25, -0.2) is 9.59 Å². The molecular weight excluding hydrogens is 897 g/mol. The van der Waals surface area contributed by atoms with Gasteiger partial charge in [-0.2, -0.15) is 0 Å². The highest BCUT2D eigenvalue weighted by molar-refractivity contribution is 5.72. The van der Waals surface area contributed by atoms with E-state index in [0.717, 1.165) is 33.4 Å². The van der Waals surface area contributed by atoms with E-state index >= 15 is 9.59 Å². The van der Waals surface area contributed by atoms with Crippen LogP contribution in [0.1, 0.15) is 88.8 Å². The maximum atomic E-state index is 15.8. The molecule has 8 rings (SSSR count). The predicted octanol–water partition coefficient (Wildman–Crippen LogP) is 12.3. The van der Waals surface area contributed by atoms with Crippen molar-refractivity contribution in [2.24, 2.45) is 0 Å². The Kier molecular flexibility index (Phi) is 16.4. The highest BCUT2D eigenvalue weighted by atomic mass is 16.6. The molecule has 2 saturated heterocycles. The lowest BCUT2D eigenvalue weighted by Gasteiger charge is -2.47. The summed E-state index contributed by atoms with van der Waals surface area (Å²) in [7, 11) is 0. The van der Waals surface area contributed by atoms with E-state index in [0.29, 0.717) is 52.2 Å². The van der Waals surface area contributed by atoms with Gasteiger partial charge in [0.2, 0.25) is 0 Å². The number of nitrogens with zero attached hydrogens (tertiary/aromatic N) is 4. The highest BCUT2D eigenvalue weighted by Crippen LogP contribution is 2.39. The van der Waals surface area contributed by atoms with Crippen LogP contribution in [0.15, 0.2) is 182 Å². The van der Waals surface area contributed by atoms with Gasteiger partial charge in [0.05, 0.1) is 36.4 Å². The normalized spacial score (nSPS) is 18.4. The van der Waals surface area contributed by atoms with Gasteiger partial charge in [0, 0.05) is 26.2 Å². The summed E-state index contributed by atoms with van der Waals surface area (Å²) in [5.74, 6) is 0. The molecule has 2 heterocycles. The molecule has 0 N–H and O–H groups in total. The van der Waals surface area contributed by atoms with Gasteiger partial charge in [0.25, 0.3) is 0 Å². The van der Waals surface area contributed by atoms with Crippen LogP contribution in [0.25, 0.3) is 0 Å². The zero-order valence-corrected chi connectivity index (χ0v) is 43.5. The Morgan fingerprint density at radius 3 is 0.875 bits per heavy atom. The van der Waals surface area contributed by atoms with Crippen molar-refractivity contribution in [3.05, 3.63) is 215 Å². The van der Waals surface area contributed by atoms with Crippen LogP contribution in [0.4, 0.5) is 9.59 Å². The fourth-order valence-corrected chi connectivity index (χ4v) is 10.9. The van der Waals surface area contributed by atoms with Gasteiger partial charge in [-0.3, -0.25) is 19.6 Å². The van der Waals surface area contributed by atoms with Crippen molar-refractivity contribution in [3.63, 3.8) is 0 Å². The monoisotopic (exact) mass is 971 g/mol. The number of carbonyl (C=O) groups excluding carboxylic acids is 2. The van der Waals surface area contributed by atoms with Gasteiger partial charge in [0.1, 0.15) is 11.4 Å². The first kappa shape index (κ1) is 52.0. The fraction of sp³-hybridized carbons (Fsp3) is 0.387. The predicted molar refractivity (Wildman–Crippen MR) is 285 cm³/mol. The molecule has 4 atom stereocenters. The lowest BCUT2D eigenvalue weighted by Crippen LogP contribution is -2.63. The summed E-state index contributed by atoms with van der Waals surface area (Å²) in [5.41, 5.74) is 3.00. The molecule has 10 heteroatoms. The zero-order chi connectivity index (χ0) is 50.9. The molecule has 378 valence electrons. The van der Waals surface area contributed by atoms with E-state index in [-0.39, 0.29) is 0 Å². The van der Waals surface area contributed by atoms with Crippen LogP contribution < -0.4 is 0 Å². The summed E-state index contributed by atoms with van der Waals surface area (Å²) in [5, 5.41) is 0. The number of benzene rings is 6. The molecule has 72 heavy (non-hydrogen) atoms. The lowest BCUT2D eigenvalue weighted by atomic mass is 9.88. The van der Waals surface area contributed by atoms with Crippen LogP contribution in [0.2, 0.25) is 0 Å². The molecule has 0 bridgehead atoms. The molecule has 2 fully saturated rings. The second-order valence-electron chi connectivity index (χ2n) is 21.7. The Balaban J connectivity index is 1.41. The number of ether oxygens (including phenoxy) is 4. The second kappa shape index (κ2) is 22.6. The van der Waals surface area contributed by atoms with E-state index in [4.69, 9.17) is 18.9 Å². The van der Waals surface area contributed by atoms with Gasteiger partial charge in [-0.15, -0.1) is 0 Å². The van der Waals surface area contributed by atoms with E-state index < -0.39 is 59.0 Å². The lowest BCUT2D eigenvalue weighted by molar-refractivity contribution is -0.125. The third kappa shape index (κ3) is 12.8. The van der Waals surface area contributed by atoms with E-state index in [1.54, 1.807) is 9.80 Å². The number of carbonyl (C=O) groups is 2. The molecule has 0 saturated carbocycles. The average molecular weight is 971 g/mol. The molecule has 2 amide bonds. The number of hydrogen-bond acceptors (Lipinski definition) is 8. The first-order chi connectivity index (χ1) is 34.5. The second-order valence-corrected chi connectivity index (χ2v) is 21.7. The summed E-state index contributed by atoms with van der Waals surface area (Å²) >= 11 is 0. The maximum absolute atomic E-state index is 15.8. The van der Waals surface area contributed by atoms with Crippen LogP contribution in [0.5, 0.6) is 0 Å². The number of rotatable bonds is 19. The SMILES string of the molecule is CC1(C)COC(C)(C)N1C(=O)O[C@H]([C@@H](OC(=O)N1C(C)(C)COC1(C)C)[C@H](Cc1ccccc1)N(Cc1ccccc1)Cc1ccccc1)[C@H](Cc1ccccc1)N(Cc1ccccc1)Cc1ccccc1. The van der Waals surface area contributed by atoms with Gasteiger partial charge in [-0.05, 0) is 102 Å². The van der Waals surface area contributed by atoms with Gasteiger partial charge in [-0.1, -0.05) is 182 Å². The molecule has 0 aromatic heterocycles. The number of amides is 2. The molecule has 6 aromatic rings. The molecule has 2 aliphatic heterocycles. The van der Waals surface area contributed by atoms with Crippen molar-refractivity contribution < 1.29 is 28.5 Å². The van der Waals surface area contributed by atoms with Crippen molar-refractivity contribution in [1.29, 1.82) is 0 Å². The largest absolute Gasteiger partial charge is 0.440 e. The topological polar surface area (TPSA) is 84.0 Å². The van der Waals surface area contributed by atoms with Crippen LogP contribution in [-0.4, -0.2) is 91.8 Å². The van der Waals surface area contributed by atoms with Gasteiger partial charge in [0.15, 0.2) is 12.2 Å². The van der Waals surface area contributed by atoms with E-state index in [1.807, 2.05) is 116 Å². The average Bonchev–Trinajstić information content (AvgIpc) is 3.74. The van der Waals surface area contributed by atoms with Gasteiger partial charge >= 0.3 is 12.2 Å². The summed E-state index contributed by atoms with van der Waals surface area (Å²) in [4.78, 5) is 39.9. The van der Waals surface area contributed by atoms with Crippen LogP contribution >= 0.6 is 0 Å². The number of hydrogen-bond donors (Lipinski definition) is 0. The Bertz CT molecular complexity index is 2330. The summed E-state index contributed by atoms with van der Waals surface area (Å²) in [6, 6.07) is 61.3. The standard InChI is InChI=1S/C62H74N4O6/c1-59(2)45-69-61(5,6)65(59)57(67)71-55(53(39-47-27-15-9-16-28-47)63(41-49-31-19-11-20-32-49)42-50-33-21-12-22-34-50)56(72-58(68)66-60(3,4)46-70-62(66,7)8)54(40-48-29-17-10-18-30-48)64(43-51-35-23-13-24-36-51)44-52-37-25-14-26-38-52/h9-38,53-56H,39-46H2,1-8H3/t53-,54-,55-,56-/m0/s1. The van der Waals surface area contributed by atoms with E-state index in [9.17, 15) is 0 Å². The van der Waals surface area contributed by atoms with Crippen LogP contribution in [0.3, 0.4) is 0 Å². The van der Waals surface area contributed by atoms with Crippen LogP contribution in [-0.2, 0) is 58.0 Å². The minimum absolute atomic E-state index is 0.317. The molecule has 0 unspecified atom stereocenters. The first-order valence-electron chi connectivity index (χ1n) is 25.5. The summed E-state index contributed by atoms with van der Waals surface area (Å²) < 4.78 is 27.6. The molecule has 0 spiro atoms.